The Morgan fingerprint density at radius 1 is 1.12 bits per heavy atom. The van der Waals surface area contributed by atoms with Crippen molar-refractivity contribution >= 4 is 11.8 Å². The third kappa shape index (κ3) is 7.81. The normalized spacial score (nSPS) is 35.9. The van der Waals surface area contributed by atoms with Crippen molar-refractivity contribution in [3.05, 3.63) is 12.2 Å². The number of carboxylic acids is 1. The second-order valence-corrected chi connectivity index (χ2v) is 8.93. The highest BCUT2D eigenvalue weighted by Crippen LogP contribution is 2.35. The molecule has 0 aromatic rings. The molecule has 0 bridgehead atoms. The molecule has 10 nitrogen and oxygen atoms in total. The van der Waals surface area contributed by atoms with Crippen LogP contribution in [0.3, 0.4) is 0 Å². The van der Waals surface area contributed by atoms with Crippen LogP contribution in [0.1, 0.15) is 58.3 Å². The van der Waals surface area contributed by atoms with Crippen LogP contribution in [0, 0.1) is 11.8 Å². The van der Waals surface area contributed by atoms with Crippen LogP contribution >= 0.6 is 0 Å². The summed E-state index contributed by atoms with van der Waals surface area (Å²) in [6.07, 6.45) is -0.420. The summed E-state index contributed by atoms with van der Waals surface area (Å²) in [5.41, 5.74) is 0. The Morgan fingerprint density at radius 3 is 2.45 bits per heavy atom. The minimum atomic E-state index is -1.53. The summed E-state index contributed by atoms with van der Waals surface area (Å²) >= 11 is 0. The topological polar surface area (TPSA) is 174 Å². The molecule has 0 spiro atoms. The lowest BCUT2D eigenvalue weighted by Crippen LogP contribution is -2.59. The van der Waals surface area contributed by atoms with Gasteiger partial charge in [0.2, 0.25) is 0 Å². The van der Waals surface area contributed by atoms with Gasteiger partial charge in [-0.25, -0.2) is 0 Å². The molecule has 33 heavy (non-hydrogen) atoms. The second-order valence-electron chi connectivity index (χ2n) is 8.93. The second kappa shape index (κ2) is 13.5. The van der Waals surface area contributed by atoms with Crippen molar-refractivity contribution in [2.45, 2.75) is 101 Å². The number of Topliss-reactive ketones (excluding diaryl/α,β-unsaturated/α-hetero) is 1. The van der Waals surface area contributed by atoms with E-state index in [1.165, 1.54) is 0 Å². The first-order valence-corrected chi connectivity index (χ1v) is 11.8. The molecule has 10 heteroatoms. The highest BCUT2D eigenvalue weighted by atomic mass is 16.7. The van der Waals surface area contributed by atoms with Crippen LogP contribution in [0.2, 0.25) is 0 Å². The van der Waals surface area contributed by atoms with Gasteiger partial charge in [0.1, 0.15) is 30.2 Å². The van der Waals surface area contributed by atoms with Gasteiger partial charge in [0.05, 0.1) is 18.8 Å². The molecule has 2 aliphatic rings. The summed E-state index contributed by atoms with van der Waals surface area (Å²) in [5, 5.41) is 58.4. The summed E-state index contributed by atoms with van der Waals surface area (Å²) in [7, 11) is 0. The Balaban J connectivity index is 1.93. The van der Waals surface area contributed by atoms with Crippen LogP contribution in [0.15, 0.2) is 12.2 Å². The van der Waals surface area contributed by atoms with Crippen molar-refractivity contribution < 1.29 is 49.7 Å². The maximum absolute atomic E-state index is 12.4. The Bertz CT molecular complexity index is 651. The number of aliphatic hydroxyl groups is 5. The van der Waals surface area contributed by atoms with E-state index in [4.69, 9.17) is 14.6 Å². The van der Waals surface area contributed by atoms with Gasteiger partial charge in [-0.3, -0.25) is 9.59 Å². The number of carboxylic acid groups (broad SMARTS) is 1. The van der Waals surface area contributed by atoms with Crippen molar-refractivity contribution in [2.24, 2.45) is 11.8 Å². The van der Waals surface area contributed by atoms with E-state index in [0.29, 0.717) is 19.3 Å². The Morgan fingerprint density at radius 2 is 1.82 bits per heavy atom. The fourth-order valence-corrected chi connectivity index (χ4v) is 4.47. The van der Waals surface area contributed by atoms with E-state index in [-0.39, 0.29) is 30.5 Å². The van der Waals surface area contributed by atoms with Gasteiger partial charge < -0.3 is 40.1 Å². The molecule has 190 valence electrons. The van der Waals surface area contributed by atoms with Crippen molar-refractivity contribution in [3.8, 4) is 0 Å². The number of unbranched alkanes of at least 4 members (excludes halogenated alkanes) is 3. The average molecular weight is 475 g/mol. The van der Waals surface area contributed by atoms with E-state index in [2.05, 4.69) is 0 Å². The zero-order valence-electron chi connectivity index (χ0n) is 19.0. The largest absolute Gasteiger partial charge is 0.481 e. The van der Waals surface area contributed by atoms with Crippen LogP contribution in [0.4, 0.5) is 0 Å². The van der Waals surface area contributed by atoms with Crippen LogP contribution in [-0.4, -0.2) is 91.9 Å². The molecule has 2 rings (SSSR count). The number of carbonyl (C=O) groups excluding carboxylic acids is 1. The zero-order valence-corrected chi connectivity index (χ0v) is 19.0. The van der Waals surface area contributed by atoms with Gasteiger partial charge in [-0.1, -0.05) is 38.3 Å². The molecule has 1 heterocycles. The molecule has 0 aromatic heterocycles. The van der Waals surface area contributed by atoms with Gasteiger partial charge in [0, 0.05) is 24.7 Å². The molecule has 5 unspecified atom stereocenters. The predicted octanol–water partition coefficient (Wildman–Crippen LogP) is 0.129. The van der Waals surface area contributed by atoms with Crippen molar-refractivity contribution in [1.29, 1.82) is 0 Å². The Kier molecular flexibility index (Phi) is 11.4. The number of ether oxygens (including phenoxy) is 2. The molecule has 9 atom stereocenters. The van der Waals surface area contributed by atoms with Gasteiger partial charge in [0.15, 0.2) is 6.29 Å². The molecular weight excluding hydrogens is 436 g/mol. The van der Waals surface area contributed by atoms with E-state index in [1.807, 2.05) is 6.92 Å². The lowest BCUT2D eigenvalue weighted by Gasteiger charge is -2.40. The number of ketones is 1. The van der Waals surface area contributed by atoms with Gasteiger partial charge in [0.25, 0.3) is 0 Å². The van der Waals surface area contributed by atoms with E-state index in [1.54, 1.807) is 12.2 Å². The van der Waals surface area contributed by atoms with E-state index < -0.39 is 55.5 Å². The molecule has 1 aliphatic carbocycles. The monoisotopic (exact) mass is 474 g/mol. The van der Waals surface area contributed by atoms with Crippen molar-refractivity contribution in [2.75, 3.05) is 6.61 Å². The molecule has 1 aliphatic heterocycles. The number of aliphatic hydroxyl groups excluding tert-OH is 5. The lowest BCUT2D eigenvalue weighted by molar-refractivity contribution is -0.307. The van der Waals surface area contributed by atoms with Gasteiger partial charge >= 0.3 is 5.97 Å². The molecule has 1 saturated heterocycles. The average Bonchev–Trinajstić information content (AvgIpc) is 3.05. The maximum atomic E-state index is 12.4. The quantitative estimate of drug-likeness (QED) is 0.159. The van der Waals surface area contributed by atoms with Gasteiger partial charge in [-0.15, -0.1) is 0 Å². The van der Waals surface area contributed by atoms with Crippen LogP contribution < -0.4 is 0 Å². The minimum Gasteiger partial charge on any atom is -0.481 e. The molecule has 2 fully saturated rings. The number of rotatable bonds is 13. The summed E-state index contributed by atoms with van der Waals surface area (Å²) in [6, 6.07) is 0. The summed E-state index contributed by atoms with van der Waals surface area (Å²) < 4.78 is 11.1. The SMILES string of the molecule is CCC(C=CC1C(O)CC(=O)C1CCCCCCC(=O)O)OC1O[C@H](CO)[C@@H](O)[C@H](O)[C@H]1O. The number of hydrogen-bond donors (Lipinski definition) is 6. The molecule has 6 N–H and O–H groups in total. The third-order valence-electron chi connectivity index (χ3n) is 6.50. The van der Waals surface area contributed by atoms with Crippen LogP contribution in [-0.2, 0) is 19.1 Å². The minimum absolute atomic E-state index is 0.00517. The Hall–Kier alpha value is -1.40. The molecular formula is C23H38O10. The smallest absolute Gasteiger partial charge is 0.303 e. The summed E-state index contributed by atoms with van der Waals surface area (Å²) in [4.78, 5) is 23.0. The standard InChI is InChI=1S/C23H38O10/c1-2-13(32-23-22(31)21(30)20(29)18(12-24)33-23)9-10-15-14(16(25)11-17(15)26)7-5-3-4-6-8-19(27)28/h9-10,13-15,17-18,20-24,26,29-31H,2-8,11-12H2,1H3,(H,27,28)/t13?,14?,15?,17?,18-,20-,21+,22-,23?/m1/s1. The zero-order chi connectivity index (χ0) is 24.5. The Labute approximate surface area is 193 Å². The summed E-state index contributed by atoms with van der Waals surface area (Å²) in [6.45, 7) is 1.29. The van der Waals surface area contributed by atoms with Crippen LogP contribution in [0.25, 0.3) is 0 Å². The van der Waals surface area contributed by atoms with Crippen LogP contribution in [0.5, 0.6) is 0 Å². The van der Waals surface area contributed by atoms with E-state index >= 15 is 0 Å². The number of hydrogen-bond acceptors (Lipinski definition) is 9. The van der Waals surface area contributed by atoms with Gasteiger partial charge in [-0.2, -0.15) is 0 Å². The fourth-order valence-electron chi connectivity index (χ4n) is 4.47. The van der Waals surface area contributed by atoms with E-state index in [0.717, 1.165) is 19.3 Å². The molecule has 0 aromatic carbocycles. The maximum Gasteiger partial charge on any atom is 0.303 e. The molecule has 0 amide bonds. The highest BCUT2D eigenvalue weighted by Gasteiger charge is 2.45. The fraction of sp³-hybridized carbons (Fsp3) is 0.826. The summed E-state index contributed by atoms with van der Waals surface area (Å²) in [5.74, 6) is -1.50. The number of aliphatic carboxylic acids is 1. The predicted molar refractivity (Wildman–Crippen MR) is 116 cm³/mol. The van der Waals surface area contributed by atoms with Gasteiger partial charge in [-0.05, 0) is 19.3 Å². The first kappa shape index (κ1) is 27.8. The molecule has 1 saturated carbocycles. The first-order chi connectivity index (χ1) is 15.7. The van der Waals surface area contributed by atoms with E-state index in [9.17, 15) is 35.1 Å². The van der Waals surface area contributed by atoms with Crippen molar-refractivity contribution in [3.63, 3.8) is 0 Å². The first-order valence-electron chi connectivity index (χ1n) is 11.8. The lowest BCUT2D eigenvalue weighted by atomic mass is 9.88. The number of carbonyl (C=O) groups is 2. The third-order valence-corrected chi connectivity index (χ3v) is 6.50. The molecule has 0 radical (unpaired) electrons. The van der Waals surface area contributed by atoms with Crippen molar-refractivity contribution in [1.82, 2.24) is 0 Å². The highest BCUT2D eigenvalue weighted by molar-refractivity contribution is 5.84.